The largest absolute Gasteiger partial charge is 1.00 e. The molecule has 0 bridgehead atoms. The summed E-state index contributed by atoms with van der Waals surface area (Å²) in [5.74, 6) is -2.24. The molecule has 0 unspecified atom stereocenters. The standard InChI is InChI=1S/C18H15P.C12H14ClNO2.C11H13ClN4.C11H15ClN2.C11H14ClNO.C8H6Cl2O4S.C7H4Cl2O4S.CH4O.Al.Cl2OS.Li.H2O.4H/c1-4-10-16(11-5-1)19(17-12-6-2-7-13-17)18-14-8-3-9-15-18;1-16-12(15)8-2-5-11(13)9(6-8)7-14-10-3-4-10;12-11-4-1-8(6-15-16-13)5-9(11)7-14-10-2-3-10;12-11-4-1-8(6-13)5-9(11)7-14-10-2-3-10;12-11-4-1-8(7-14)5-9(11)6-13-10-2-3-10;1-14-8(11)5-2-3-6(9)7(4-5)15(10,12)13;8-5-2-1-4(7(10)11)3-6(5)14(9,12)13;1-2;;1-4(2)3;;;;;;/h1-15H;2,5-6,10,14H,3-4,7H2,1H3;1,4-5,10,14H,2-3,6-7H2;1,4-5,10,14H,2-3,6-7,13H2;1,4-5,10,13-14H,2-3,6-7H2;2-4H,1H3;1-3H,(H,10,11);2H,1H3;;;;1H2;;;;/q;;;;;;;;;;+1;;;;;-1. The Morgan fingerprint density at radius 3 is 1.09 bits per heavy atom. The van der Waals surface area contributed by atoms with Crippen molar-refractivity contribution in [3.05, 3.63) is 296 Å². The van der Waals surface area contributed by atoms with E-state index >= 15 is 0 Å². The number of benzene rings is 9. The Morgan fingerprint density at radius 2 is 0.786 bits per heavy atom. The fraction of sp³-hybridized carbons (Fsp3) is 0.278. The molecule has 13 rings (SSSR count). The first-order valence-electron chi connectivity index (χ1n) is 34.8. The van der Waals surface area contributed by atoms with Gasteiger partial charge in [-0.25, -0.2) is 35.4 Å². The van der Waals surface area contributed by atoms with E-state index in [1.165, 1.54) is 106 Å². The van der Waals surface area contributed by atoms with E-state index in [0.29, 0.717) is 54.4 Å². The average molecular weight is 1890 g/mol. The van der Waals surface area contributed by atoms with Crippen LogP contribution in [0.25, 0.3) is 10.4 Å². The number of hydrogen-bond donors (Lipinski definition) is 8. The molecule has 0 saturated heterocycles. The zero-order chi connectivity index (χ0) is 83.9. The van der Waals surface area contributed by atoms with Crippen molar-refractivity contribution in [1.29, 1.82) is 0 Å². The number of nitrogens with two attached hydrogens (primary N) is 1. The molecule has 4 fully saturated rings. The van der Waals surface area contributed by atoms with Crippen molar-refractivity contribution < 1.29 is 86.0 Å². The molecule has 0 aliphatic heterocycles. The van der Waals surface area contributed by atoms with Crippen LogP contribution in [0.2, 0.25) is 30.1 Å². The van der Waals surface area contributed by atoms with E-state index in [-0.39, 0.29) is 81.8 Å². The Bertz CT molecular complexity index is 4740. The molecule has 0 radical (unpaired) electrons. The van der Waals surface area contributed by atoms with E-state index in [1.54, 1.807) is 18.2 Å². The second-order valence-electron chi connectivity index (χ2n) is 24.9. The number of methoxy groups -OCH3 is 2. The summed E-state index contributed by atoms with van der Waals surface area (Å²) in [5.41, 5.74) is 21.5. The van der Waals surface area contributed by atoms with Gasteiger partial charge >= 0.3 is 36.8 Å². The second kappa shape index (κ2) is 57.3. The van der Waals surface area contributed by atoms with Crippen LogP contribution in [-0.4, -0.2) is 123 Å². The van der Waals surface area contributed by atoms with Gasteiger partial charge < -0.3 is 58.7 Å². The smallest absolute Gasteiger partial charge is 1.00 e. The number of aromatic carboxylic acids is 1. The van der Waals surface area contributed by atoms with Crippen LogP contribution in [0.3, 0.4) is 0 Å². The Hall–Kier alpha value is -5.11. The zero-order valence-electron chi connectivity index (χ0n) is 64.3. The first kappa shape index (κ1) is 108. The molecular formula is C79H91AlCl10LiN8O14PS3. The van der Waals surface area contributed by atoms with Crippen molar-refractivity contribution in [1.82, 2.24) is 21.3 Å². The van der Waals surface area contributed by atoms with E-state index in [9.17, 15) is 31.2 Å². The molecule has 9 aromatic carbocycles. The van der Waals surface area contributed by atoms with Crippen molar-refractivity contribution in [3.8, 4) is 0 Å². The number of nitrogens with one attached hydrogen (secondary N) is 4. The molecule has 11 N–H and O–H groups in total. The Morgan fingerprint density at radius 1 is 0.504 bits per heavy atom. The number of rotatable bonds is 24. The number of halogens is 10. The second-order valence-corrected chi connectivity index (χ2v) is 37.2. The van der Waals surface area contributed by atoms with Gasteiger partial charge in [0, 0.05) is 132 Å². The summed E-state index contributed by atoms with van der Waals surface area (Å²) in [4.78, 5) is 35.0. The summed E-state index contributed by atoms with van der Waals surface area (Å²) >= 11 is 35.4. The Kier molecular flexibility index (Phi) is 52.9. The molecule has 0 heterocycles. The summed E-state index contributed by atoms with van der Waals surface area (Å²) in [6.45, 7) is 4.18. The van der Waals surface area contributed by atoms with E-state index < -0.39 is 52.1 Å². The predicted molar refractivity (Wildman–Crippen MR) is 478 cm³/mol. The molecule has 117 heavy (non-hydrogen) atoms. The molecule has 22 nitrogen and oxygen atoms in total. The summed E-state index contributed by atoms with van der Waals surface area (Å²) < 4.78 is 62.1. The number of carboxylic acid groups (broad SMARTS) is 1. The number of carboxylic acids is 1. The predicted octanol–water partition coefficient (Wildman–Crippen LogP) is 13.1. The summed E-state index contributed by atoms with van der Waals surface area (Å²) in [6.07, 6.45) is 10.1. The van der Waals surface area contributed by atoms with Crippen LogP contribution < -0.4 is 61.8 Å². The van der Waals surface area contributed by atoms with Gasteiger partial charge in [-0.2, -0.15) is 0 Å². The fourth-order valence-electron chi connectivity index (χ4n) is 9.79. The van der Waals surface area contributed by atoms with E-state index in [1.807, 2.05) is 48.5 Å². The van der Waals surface area contributed by atoms with E-state index in [0.717, 1.165) is 92.9 Å². The number of azide groups is 1. The fourth-order valence-corrected chi connectivity index (χ4v) is 15.8. The maximum atomic E-state index is 11.3. The first-order valence-corrected chi connectivity index (χ1v) is 45.9. The molecule has 4 saturated carbocycles. The number of carbonyl (C=O) groups is 3. The van der Waals surface area contributed by atoms with Gasteiger partial charge in [0.15, 0.2) is 17.4 Å². The van der Waals surface area contributed by atoms with Crippen LogP contribution >= 0.6 is 120 Å². The molecule has 0 amide bonds. The Balaban J connectivity index is 0.000000678. The van der Waals surface area contributed by atoms with Crippen LogP contribution in [0.15, 0.2) is 215 Å². The summed E-state index contributed by atoms with van der Waals surface area (Å²) in [5, 5.41) is 48.8. The molecule has 9 aromatic rings. The third-order valence-corrected chi connectivity index (χ3v) is 23.8. The van der Waals surface area contributed by atoms with Crippen LogP contribution in [-0.2, 0) is 82.7 Å². The monoisotopic (exact) mass is 1890 g/mol. The molecule has 0 aromatic heterocycles. The molecule has 4 aliphatic rings. The first-order chi connectivity index (χ1) is 54.4. The number of aliphatic hydroxyl groups is 2. The third-order valence-electron chi connectivity index (χ3n) is 16.3. The number of ether oxygens (including phenoxy) is 2. The molecule has 0 spiro atoms. The minimum Gasteiger partial charge on any atom is -1.00 e. The number of nitrogens with zero attached hydrogens (tertiary/aromatic N) is 3. The van der Waals surface area contributed by atoms with E-state index in [2.05, 4.69) is 159 Å². The van der Waals surface area contributed by atoms with Gasteiger partial charge in [-0.3, -0.25) is 0 Å². The quantitative estimate of drug-likeness (QED) is 0.00530. The summed E-state index contributed by atoms with van der Waals surface area (Å²) in [7, 11) is 12.6. The van der Waals surface area contributed by atoms with Crippen molar-refractivity contribution in [2.24, 2.45) is 10.8 Å². The molecule has 4 aliphatic carbocycles. The van der Waals surface area contributed by atoms with Crippen LogP contribution in [0.5, 0.6) is 0 Å². The molecule has 38 heteroatoms. The molecular weight excluding hydrogens is 1800 g/mol. The molecule has 628 valence electrons. The number of hydrogen-bond acceptors (Lipinski definition) is 18. The minimum absolute atomic E-state index is 0. The van der Waals surface area contributed by atoms with Gasteiger partial charge in [0.1, 0.15) is 9.79 Å². The third kappa shape index (κ3) is 42.0. The average Bonchev–Trinajstić information content (AvgIpc) is 1.07. The maximum Gasteiger partial charge on any atom is 1.00 e. The Labute approximate surface area is 758 Å². The topological polar surface area (TPSA) is 370 Å². The van der Waals surface area contributed by atoms with E-state index in [4.69, 9.17) is 122 Å². The number of aliphatic hydroxyl groups excluding tert-OH is 2. The van der Waals surface area contributed by atoms with Gasteiger partial charge in [-0.1, -0.05) is 202 Å². The maximum absolute atomic E-state index is 11.3. The SMILES string of the molecule is CO.COC(=O)c1ccc(Cl)c(CNC2CC2)c1.COC(=O)c1ccc(Cl)c(S(=O)(=O)Cl)c1.NCc1ccc(Cl)c(CNC2CC2)c1.O.O=C(O)c1ccc(Cl)c(S(=O)(=O)Cl)c1.O=S(Cl)Cl.OCc1ccc(Cl)c(CNC2CC2)c1.[AlH3].[H-].[Li+].[N-]=[N+]=NCc1ccc(Cl)c(CNC2CC2)c1.c1ccc(P(c2ccccc2)c2ccccc2)cc1. The number of esters is 2. The van der Waals surface area contributed by atoms with Gasteiger partial charge in [-0.05, 0) is 192 Å². The molecule has 0 atom stereocenters. The van der Waals surface area contributed by atoms with Crippen molar-refractivity contribution in [2.45, 2.75) is 131 Å². The van der Waals surface area contributed by atoms with Crippen LogP contribution in [0.4, 0.5) is 0 Å². The van der Waals surface area contributed by atoms with Gasteiger partial charge in [-0.15, -0.1) is 0 Å². The van der Waals surface area contributed by atoms with Crippen molar-refractivity contribution >= 4 is 199 Å². The summed E-state index contributed by atoms with van der Waals surface area (Å²) in [6, 6.07) is 64.5. The zero-order valence-corrected chi connectivity index (χ0v) is 74.2. The van der Waals surface area contributed by atoms with Gasteiger partial charge in [0.05, 0.1) is 54.1 Å². The van der Waals surface area contributed by atoms with Crippen LogP contribution in [0, 0.1) is 0 Å². The minimum atomic E-state index is -4.01. The van der Waals surface area contributed by atoms with Crippen molar-refractivity contribution in [3.63, 3.8) is 0 Å². The normalized spacial score (nSPS) is 12.7. The van der Waals surface area contributed by atoms with Gasteiger partial charge in [0.25, 0.3) is 18.1 Å². The van der Waals surface area contributed by atoms with Crippen molar-refractivity contribution in [2.75, 3.05) is 21.3 Å². The van der Waals surface area contributed by atoms with Gasteiger partial charge in [0.2, 0.25) is 9.23 Å². The van der Waals surface area contributed by atoms with Crippen LogP contribution in [0.1, 0.15) is 123 Å². The number of carbonyl (C=O) groups excluding carboxylic acids is 2.